The quantitative estimate of drug-likeness (QED) is 0.614. The van der Waals surface area contributed by atoms with E-state index in [0.717, 1.165) is 0 Å². The van der Waals surface area contributed by atoms with Crippen molar-refractivity contribution in [3.8, 4) is 0 Å². The van der Waals surface area contributed by atoms with Gasteiger partial charge in [-0.05, 0) is 18.6 Å². The first-order chi connectivity index (χ1) is 7.65. The lowest BCUT2D eigenvalue weighted by molar-refractivity contribution is -0.135. The SMILES string of the molecule is Nc1ccccc1N(CCCO)CC(=O)O. The monoisotopic (exact) mass is 224 g/mol. The second-order valence-electron chi connectivity index (χ2n) is 3.45. The van der Waals surface area contributed by atoms with Gasteiger partial charge >= 0.3 is 5.97 Å². The topological polar surface area (TPSA) is 86.8 Å². The van der Waals surface area contributed by atoms with Crippen molar-refractivity contribution in [2.45, 2.75) is 6.42 Å². The molecule has 0 heterocycles. The predicted octanol–water partition coefficient (Wildman–Crippen LogP) is 0.542. The molecule has 0 bridgehead atoms. The fourth-order valence-corrected chi connectivity index (χ4v) is 1.49. The van der Waals surface area contributed by atoms with Gasteiger partial charge in [0.1, 0.15) is 6.54 Å². The number of nitrogen functional groups attached to an aromatic ring is 1. The molecule has 88 valence electrons. The van der Waals surface area contributed by atoms with Crippen molar-refractivity contribution in [2.75, 3.05) is 30.3 Å². The molecule has 0 saturated heterocycles. The van der Waals surface area contributed by atoms with Gasteiger partial charge in [0.15, 0.2) is 0 Å². The highest BCUT2D eigenvalue weighted by Gasteiger charge is 2.12. The van der Waals surface area contributed by atoms with Crippen LogP contribution in [0.4, 0.5) is 11.4 Å². The number of aliphatic hydroxyl groups excluding tert-OH is 1. The number of carboxylic acids is 1. The lowest BCUT2D eigenvalue weighted by atomic mass is 10.2. The molecule has 4 N–H and O–H groups in total. The minimum Gasteiger partial charge on any atom is -0.480 e. The minimum atomic E-state index is -0.916. The number of para-hydroxylation sites is 2. The Morgan fingerprint density at radius 2 is 2.06 bits per heavy atom. The van der Waals surface area contributed by atoms with E-state index in [2.05, 4.69) is 0 Å². The highest BCUT2D eigenvalue weighted by molar-refractivity contribution is 5.77. The Balaban J connectivity index is 2.82. The highest BCUT2D eigenvalue weighted by Crippen LogP contribution is 2.22. The summed E-state index contributed by atoms with van der Waals surface area (Å²) < 4.78 is 0. The van der Waals surface area contributed by atoms with Gasteiger partial charge in [-0.3, -0.25) is 4.79 Å². The summed E-state index contributed by atoms with van der Waals surface area (Å²) in [5, 5.41) is 17.6. The molecule has 0 atom stereocenters. The lowest BCUT2D eigenvalue weighted by Crippen LogP contribution is -2.31. The molecule has 5 heteroatoms. The van der Waals surface area contributed by atoms with E-state index in [1.165, 1.54) is 0 Å². The maximum atomic E-state index is 10.7. The summed E-state index contributed by atoms with van der Waals surface area (Å²) in [6, 6.07) is 7.10. The summed E-state index contributed by atoms with van der Waals surface area (Å²) in [7, 11) is 0. The third kappa shape index (κ3) is 3.43. The molecule has 0 spiro atoms. The minimum absolute atomic E-state index is 0.0306. The third-order valence-corrected chi connectivity index (χ3v) is 2.19. The van der Waals surface area contributed by atoms with Crippen LogP contribution in [0.5, 0.6) is 0 Å². The van der Waals surface area contributed by atoms with Gasteiger partial charge < -0.3 is 20.8 Å². The number of rotatable bonds is 6. The summed E-state index contributed by atoms with van der Waals surface area (Å²) >= 11 is 0. The van der Waals surface area contributed by atoms with E-state index in [4.69, 9.17) is 15.9 Å². The molecule has 0 aromatic heterocycles. The van der Waals surface area contributed by atoms with Gasteiger partial charge in [-0.15, -0.1) is 0 Å². The van der Waals surface area contributed by atoms with E-state index in [1.807, 2.05) is 0 Å². The highest BCUT2D eigenvalue weighted by atomic mass is 16.4. The van der Waals surface area contributed by atoms with Crippen LogP contribution in [0.2, 0.25) is 0 Å². The van der Waals surface area contributed by atoms with E-state index >= 15 is 0 Å². The number of carbonyl (C=O) groups is 1. The van der Waals surface area contributed by atoms with Crippen LogP contribution in [0.15, 0.2) is 24.3 Å². The molecule has 0 aliphatic carbocycles. The van der Waals surface area contributed by atoms with Crippen LogP contribution in [0.25, 0.3) is 0 Å². The summed E-state index contributed by atoms with van der Waals surface area (Å²) in [6.07, 6.45) is 0.515. The zero-order valence-electron chi connectivity index (χ0n) is 8.97. The average molecular weight is 224 g/mol. The number of aliphatic carboxylic acids is 1. The van der Waals surface area contributed by atoms with Crippen LogP contribution in [0.1, 0.15) is 6.42 Å². The molecule has 0 unspecified atom stereocenters. The molecule has 5 nitrogen and oxygen atoms in total. The molecule has 0 saturated carbocycles. The number of aliphatic hydroxyl groups is 1. The Kier molecular flexibility index (Phi) is 4.60. The van der Waals surface area contributed by atoms with Crippen LogP contribution >= 0.6 is 0 Å². The molecule has 1 aromatic rings. The molecule has 0 amide bonds. The van der Waals surface area contributed by atoms with Crippen molar-refractivity contribution in [1.29, 1.82) is 0 Å². The largest absolute Gasteiger partial charge is 0.480 e. The van der Waals surface area contributed by atoms with Crippen molar-refractivity contribution in [3.63, 3.8) is 0 Å². The van der Waals surface area contributed by atoms with Crippen molar-refractivity contribution in [3.05, 3.63) is 24.3 Å². The first-order valence-electron chi connectivity index (χ1n) is 5.07. The van der Waals surface area contributed by atoms with E-state index in [1.54, 1.807) is 29.2 Å². The Bertz CT molecular complexity index is 355. The van der Waals surface area contributed by atoms with Crippen molar-refractivity contribution in [1.82, 2.24) is 0 Å². The van der Waals surface area contributed by atoms with Crippen LogP contribution in [-0.2, 0) is 4.79 Å². The van der Waals surface area contributed by atoms with Crippen LogP contribution < -0.4 is 10.6 Å². The van der Waals surface area contributed by atoms with Crippen molar-refractivity contribution >= 4 is 17.3 Å². The second-order valence-corrected chi connectivity index (χ2v) is 3.45. The summed E-state index contributed by atoms with van der Waals surface area (Å²) in [5.74, 6) is -0.916. The molecule has 16 heavy (non-hydrogen) atoms. The average Bonchev–Trinajstić information content (AvgIpc) is 2.24. The summed E-state index contributed by atoms with van der Waals surface area (Å²) in [6.45, 7) is 0.383. The molecular formula is C11H16N2O3. The maximum absolute atomic E-state index is 10.7. The smallest absolute Gasteiger partial charge is 0.323 e. The van der Waals surface area contributed by atoms with Crippen LogP contribution in [0.3, 0.4) is 0 Å². The Morgan fingerprint density at radius 3 is 2.62 bits per heavy atom. The van der Waals surface area contributed by atoms with Gasteiger partial charge in [0, 0.05) is 13.2 Å². The second kappa shape index (κ2) is 5.97. The number of hydrogen-bond acceptors (Lipinski definition) is 4. The Morgan fingerprint density at radius 1 is 1.38 bits per heavy atom. The summed E-state index contributed by atoms with van der Waals surface area (Å²) in [5.41, 5.74) is 7.01. The normalized spacial score (nSPS) is 10.1. The first kappa shape index (κ1) is 12.3. The zero-order chi connectivity index (χ0) is 12.0. The van der Waals surface area contributed by atoms with E-state index in [9.17, 15) is 4.79 Å². The fraction of sp³-hybridized carbons (Fsp3) is 0.364. The summed E-state index contributed by atoms with van der Waals surface area (Å²) in [4.78, 5) is 12.4. The number of anilines is 2. The van der Waals surface area contributed by atoms with E-state index in [-0.39, 0.29) is 13.2 Å². The maximum Gasteiger partial charge on any atom is 0.323 e. The lowest BCUT2D eigenvalue weighted by Gasteiger charge is -2.23. The van der Waals surface area contributed by atoms with Gasteiger partial charge in [-0.1, -0.05) is 12.1 Å². The molecule has 1 rings (SSSR count). The zero-order valence-corrected chi connectivity index (χ0v) is 8.97. The van der Waals surface area contributed by atoms with E-state index in [0.29, 0.717) is 24.3 Å². The molecule has 1 aromatic carbocycles. The Labute approximate surface area is 94.1 Å². The molecule has 0 radical (unpaired) electrons. The van der Waals surface area contributed by atoms with Gasteiger partial charge in [0.25, 0.3) is 0 Å². The first-order valence-corrected chi connectivity index (χ1v) is 5.07. The number of benzene rings is 1. The molecular weight excluding hydrogens is 208 g/mol. The van der Waals surface area contributed by atoms with Crippen molar-refractivity contribution < 1.29 is 15.0 Å². The molecule has 0 aliphatic rings. The number of nitrogens with two attached hydrogens (primary N) is 1. The number of nitrogens with zero attached hydrogens (tertiary/aromatic N) is 1. The molecule has 0 fully saturated rings. The number of hydrogen-bond donors (Lipinski definition) is 3. The van der Waals surface area contributed by atoms with Gasteiger partial charge in [-0.25, -0.2) is 0 Å². The van der Waals surface area contributed by atoms with Gasteiger partial charge in [-0.2, -0.15) is 0 Å². The predicted molar refractivity (Wildman–Crippen MR) is 62.4 cm³/mol. The third-order valence-electron chi connectivity index (χ3n) is 2.19. The van der Waals surface area contributed by atoms with Crippen LogP contribution in [-0.4, -0.2) is 35.9 Å². The fourth-order valence-electron chi connectivity index (χ4n) is 1.49. The molecule has 0 aliphatic heterocycles. The van der Waals surface area contributed by atoms with E-state index < -0.39 is 5.97 Å². The van der Waals surface area contributed by atoms with Crippen molar-refractivity contribution in [2.24, 2.45) is 0 Å². The number of carboxylic acid groups (broad SMARTS) is 1. The van der Waals surface area contributed by atoms with Gasteiger partial charge in [0.2, 0.25) is 0 Å². The van der Waals surface area contributed by atoms with Crippen LogP contribution in [0, 0.1) is 0 Å². The Hall–Kier alpha value is -1.75. The standard InChI is InChI=1S/C11H16N2O3/c12-9-4-1-2-5-10(9)13(6-3-7-14)8-11(15)16/h1-2,4-5,14H,3,6-8,12H2,(H,15,16). The van der Waals surface area contributed by atoms with Gasteiger partial charge in [0.05, 0.1) is 11.4 Å².